The van der Waals surface area contributed by atoms with Gasteiger partial charge in [0, 0.05) is 14.1 Å². The number of cyclic esters (lactones) is 2. The van der Waals surface area contributed by atoms with Gasteiger partial charge in [0.2, 0.25) is 11.8 Å². The minimum Gasteiger partial charge on any atom is -0.393 e. The zero-order valence-corrected chi connectivity index (χ0v) is 10.4. The van der Waals surface area contributed by atoms with E-state index in [1.807, 2.05) is 0 Å². The summed E-state index contributed by atoms with van der Waals surface area (Å²) < 4.78 is 4.37. The normalized spacial score (nSPS) is 25.4. The van der Waals surface area contributed by atoms with Crippen LogP contribution >= 0.6 is 0 Å². The van der Waals surface area contributed by atoms with E-state index in [9.17, 15) is 24.0 Å². The van der Waals surface area contributed by atoms with Crippen LogP contribution in [0.25, 0.3) is 0 Å². The molecule has 2 heterocycles. The number of hydrogen-bond donors (Lipinski definition) is 0. The molecule has 0 aromatic carbocycles. The van der Waals surface area contributed by atoms with Crippen molar-refractivity contribution in [3.63, 3.8) is 0 Å². The number of carbonyl (C=O) groups is 5. The van der Waals surface area contributed by atoms with E-state index in [2.05, 4.69) is 4.74 Å². The van der Waals surface area contributed by atoms with E-state index in [-0.39, 0.29) is 12.8 Å². The second-order valence-electron chi connectivity index (χ2n) is 4.56. The van der Waals surface area contributed by atoms with Gasteiger partial charge in [0.1, 0.15) is 5.92 Å². The van der Waals surface area contributed by atoms with E-state index in [1.54, 1.807) is 0 Å². The van der Waals surface area contributed by atoms with Crippen molar-refractivity contribution in [2.24, 2.45) is 11.8 Å². The van der Waals surface area contributed by atoms with Crippen molar-refractivity contribution in [1.82, 2.24) is 9.80 Å². The molecular formula is C11H12N2O6. The summed E-state index contributed by atoms with van der Waals surface area (Å²) in [6.07, 6.45) is -0.262. The van der Waals surface area contributed by atoms with Crippen LogP contribution in [0.4, 0.5) is 4.79 Å². The molecule has 0 aliphatic carbocycles. The number of nitrogens with zero attached hydrogens (tertiary/aromatic N) is 2. The summed E-state index contributed by atoms with van der Waals surface area (Å²) in [7, 11) is 2.53. The van der Waals surface area contributed by atoms with Gasteiger partial charge < -0.3 is 4.74 Å². The topological polar surface area (TPSA) is 101 Å². The van der Waals surface area contributed by atoms with Crippen molar-refractivity contribution in [2.45, 2.75) is 12.8 Å². The lowest BCUT2D eigenvalue weighted by Gasteiger charge is -2.33. The van der Waals surface area contributed by atoms with Crippen molar-refractivity contribution in [1.29, 1.82) is 0 Å². The summed E-state index contributed by atoms with van der Waals surface area (Å²) >= 11 is 0. The van der Waals surface area contributed by atoms with Gasteiger partial charge in [-0.05, 0) is 6.42 Å². The molecule has 2 aliphatic rings. The molecule has 4 amide bonds. The van der Waals surface area contributed by atoms with Gasteiger partial charge >= 0.3 is 18.0 Å². The maximum Gasteiger partial charge on any atom is 0.332 e. The van der Waals surface area contributed by atoms with Crippen LogP contribution in [0.2, 0.25) is 0 Å². The Bertz CT molecular complexity index is 475. The minimum atomic E-state index is -1.13. The molecule has 0 aromatic rings. The van der Waals surface area contributed by atoms with Gasteiger partial charge in [-0.1, -0.05) is 0 Å². The summed E-state index contributed by atoms with van der Waals surface area (Å²) in [5, 5.41) is 0. The Morgan fingerprint density at radius 2 is 1.58 bits per heavy atom. The monoisotopic (exact) mass is 268 g/mol. The summed E-state index contributed by atoms with van der Waals surface area (Å²) in [4.78, 5) is 59.2. The largest absolute Gasteiger partial charge is 0.393 e. The molecule has 0 saturated carbocycles. The summed E-state index contributed by atoms with van der Waals surface area (Å²) in [5.74, 6) is -4.66. The third kappa shape index (κ3) is 2.09. The fourth-order valence-electron chi connectivity index (χ4n) is 2.17. The number of ether oxygens (including phenoxy) is 1. The van der Waals surface area contributed by atoms with Crippen LogP contribution in [-0.2, 0) is 23.9 Å². The maximum atomic E-state index is 11.9. The number of imide groups is 2. The van der Waals surface area contributed by atoms with Gasteiger partial charge in [-0.25, -0.2) is 4.79 Å². The molecule has 2 saturated heterocycles. The Kier molecular flexibility index (Phi) is 3.09. The van der Waals surface area contributed by atoms with E-state index in [0.717, 1.165) is 9.80 Å². The van der Waals surface area contributed by atoms with E-state index >= 15 is 0 Å². The highest BCUT2D eigenvalue weighted by Gasteiger charge is 2.46. The van der Waals surface area contributed by atoms with Crippen LogP contribution in [0.5, 0.6) is 0 Å². The van der Waals surface area contributed by atoms with Gasteiger partial charge in [-0.2, -0.15) is 0 Å². The lowest BCUT2D eigenvalue weighted by atomic mass is 9.90. The van der Waals surface area contributed by atoms with Crippen LogP contribution in [0.15, 0.2) is 0 Å². The number of amides is 4. The van der Waals surface area contributed by atoms with Gasteiger partial charge in [0.05, 0.1) is 12.3 Å². The molecule has 0 spiro atoms. The predicted molar refractivity (Wildman–Crippen MR) is 58.2 cm³/mol. The highest BCUT2D eigenvalue weighted by Crippen LogP contribution is 2.28. The summed E-state index contributed by atoms with van der Waals surface area (Å²) in [5.41, 5.74) is 0. The molecule has 0 N–H and O–H groups in total. The second-order valence-corrected chi connectivity index (χ2v) is 4.56. The van der Waals surface area contributed by atoms with E-state index in [4.69, 9.17) is 0 Å². The van der Waals surface area contributed by atoms with Gasteiger partial charge in [0.25, 0.3) is 0 Å². The molecule has 8 nitrogen and oxygen atoms in total. The highest BCUT2D eigenvalue weighted by molar-refractivity contribution is 6.16. The quantitative estimate of drug-likeness (QED) is 0.476. The maximum absolute atomic E-state index is 11.9. The first-order valence-corrected chi connectivity index (χ1v) is 5.66. The van der Waals surface area contributed by atoms with Crippen molar-refractivity contribution in [3.8, 4) is 0 Å². The molecular weight excluding hydrogens is 256 g/mol. The molecule has 2 rings (SSSR count). The molecule has 8 heteroatoms. The molecule has 19 heavy (non-hydrogen) atoms. The smallest absolute Gasteiger partial charge is 0.332 e. The van der Waals surface area contributed by atoms with E-state index in [1.165, 1.54) is 14.1 Å². The van der Waals surface area contributed by atoms with Crippen LogP contribution < -0.4 is 0 Å². The zero-order valence-electron chi connectivity index (χ0n) is 10.4. The molecule has 1 unspecified atom stereocenters. The molecule has 0 bridgehead atoms. The molecule has 1 atom stereocenters. The van der Waals surface area contributed by atoms with E-state index < -0.39 is 41.6 Å². The van der Waals surface area contributed by atoms with Crippen LogP contribution in [0.1, 0.15) is 12.8 Å². The second kappa shape index (κ2) is 4.45. The Balaban J connectivity index is 2.17. The highest BCUT2D eigenvalue weighted by atomic mass is 16.6. The van der Waals surface area contributed by atoms with Crippen molar-refractivity contribution in [2.75, 3.05) is 14.1 Å². The average molecular weight is 268 g/mol. The number of urea groups is 1. The molecule has 102 valence electrons. The summed E-state index contributed by atoms with van der Waals surface area (Å²) in [6, 6.07) is -0.712. The summed E-state index contributed by atoms with van der Waals surface area (Å²) in [6.45, 7) is 0. The third-order valence-electron chi connectivity index (χ3n) is 3.31. The first-order chi connectivity index (χ1) is 8.82. The van der Waals surface area contributed by atoms with Crippen molar-refractivity contribution in [3.05, 3.63) is 0 Å². The number of esters is 2. The van der Waals surface area contributed by atoms with Gasteiger partial charge in [-0.3, -0.25) is 29.0 Å². The SMILES string of the molecule is CN1C(=O)C(CC2CC(=O)OC2=O)C(=O)N(C)C1=O. The fourth-order valence-corrected chi connectivity index (χ4v) is 2.17. The van der Waals surface area contributed by atoms with Crippen LogP contribution in [-0.4, -0.2) is 53.7 Å². The zero-order chi connectivity index (χ0) is 14.3. The Hall–Kier alpha value is -2.25. The predicted octanol–water partition coefficient (Wildman–Crippen LogP) is -0.867. The molecule has 2 aliphatic heterocycles. The Morgan fingerprint density at radius 3 is 2.00 bits per heavy atom. The first-order valence-electron chi connectivity index (χ1n) is 5.66. The van der Waals surface area contributed by atoms with Gasteiger partial charge in [0.15, 0.2) is 0 Å². The lowest BCUT2D eigenvalue weighted by Crippen LogP contribution is -2.57. The molecule has 2 fully saturated rings. The van der Waals surface area contributed by atoms with Crippen molar-refractivity contribution < 1.29 is 28.7 Å². The molecule has 0 aromatic heterocycles. The Morgan fingerprint density at radius 1 is 1.05 bits per heavy atom. The van der Waals surface area contributed by atoms with E-state index in [0.29, 0.717) is 0 Å². The number of hydrogen-bond acceptors (Lipinski definition) is 6. The number of carbonyl (C=O) groups excluding carboxylic acids is 5. The first kappa shape index (κ1) is 13.2. The molecule has 0 radical (unpaired) electrons. The van der Waals surface area contributed by atoms with Crippen molar-refractivity contribution >= 4 is 29.8 Å². The fraction of sp³-hybridized carbons (Fsp3) is 0.545. The minimum absolute atomic E-state index is 0.121. The standard InChI is InChI=1S/C11H12N2O6/c1-12-8(15)6(9(16)13(2)11(12)18)3-5-4-7(14)19-10(5)17/h5-6H,3-4H2,1-2H3. The number of barbiturate groups is 1. The van der Waals surface area contributed by atoms with Crippen LogP contribution in [0.3, 0.4) is 0 Å². The Labute approximate surface area is 108 Å². The average Bonchev–Trinajstić information content (AvgIpc) is 2.68. The third-order valence-corrected chi connectivity index (χ3v) is 3.31. The number of rotatable bonds is 2. The lowest BCUT2D eigenvalue weighted by molar-refractivity contribution is -0.153. The van der Waals surface area contributed by atoms with Gasteiger partial charge in [-0.15, -0.1) is 0 Å². The van der Waals surface area contributed by atoms with Crippen LogP contribution in [0, 0.1) is 11.8 Å².